The third kappa shape index (κ3) is 2.37. The maximum Gasteiger partial charge on any atom is 0.243 e. The van der Waals surface area contributed by atoms with E-state index in [1.54, 1.807) is 19.2 Å². The SMILES string of the molecule is COC1CC(Nc2cccc(Cl)c2)(C(N)=O)C1. The lowest BCUT2D eigenvalue weighted by Crippen LogP contribution is -2.61. The number of nitrogens with one attached hydrogen (secondary N) is 1. The number of halogens is 1. The smallest absolute Gasteiger partial charge is 0.243 e. The van der Waals surface area contributed by atoms with Gasteiger partial charge in [0.2, 0.25) is 5.91 Å². The van der Waals surface area contributed by atoms with Crippen LogP contribution in [-0.2, 0) is 9.53 Å². The molecule has 1 aliphatic rings. The lowest BCUT2D eigenvalue weighted by molar-refractivity contribution is -0.130. The second-order valence-electron chi connectivity index (χ2n) is 4.35. The van der Waals surface area contributed by atoms with Crippen molar-refractivity contribution >= 4 is 23.2 Å². The quantitative estimate of drug-likeness (QED) is 0.861. The van der Waals surface area contributed by atoms with E-state index in [1.807, 2.05) is 12.1 Å². The molecule has 92 valence electrons. The second kappa shape index (κ2) is 4.55. The highest BCUT2D eigenvalue weighted by atomic mass is 35.5. The van der Waals surface area contributed by atoms with Gasteiger partial charge in [0.25, 0.3) is 0 Å². The van der Waals surface area contributed by atoms with Gasteiger partial charge >= 0.3 is 0 Å². The topological polar surface area (TPSA) is 64.3 Å². The molecule has 1 aromatic carbocycles. The molecule has 0 unspecified atom stereocenters. The molecule has 0 saturated heterocycles. The van der Waals surface area contributed by atoms with Gasteiger partial charge in [-0.2, -0.15) is 0 Å². The lowest BCUT2D eigenvalue weighted by atomic mass is 9.73. The summed E-state index contributed by atoms with van der Waals surface area (Å²) in [6, 6.07) is 7.23. The number of methoxy groups -OCH3 is 1. The monoisotopic (exact) mass is 254 g/mol. The number of carbonyl (C=O) groups is 1. The summed E-state index contributed by atoms with van der Waals surface area (Å²) in [6.45, 7) is 0. The highest BCUT2D eigenvalue weighted by molar-refractivity contribution is 6.30. The van der Waals surface area contributed by atoms with Crippen LogP contribution in [0.25, 0.3) is 0 Å². The first kappa shape index (κ1) is 12.2. The standard InChI is InChI=1S/C12H15ClN2O2/c1-17-10-6-12(7-10,11(14)16)15-9-4-2-3-8(13)5-9/h2-5,10,15H,6-7H2,1H3,(H2,14,16). The number of rotatable bonds is 4. The summed E-state index contributed by atoms with van der Waals surface area (Å²) in [4.78, 5) is 11.5. The highest BCUT2D eigenvalue weighted by Gasteiger charge is 2.49. The Balaban J connectivity index is 2.12. The van der Waals surface area contributed by atoms with Crippen molar-refractivity contribution in [3.8, 4) is 0 Å². The van der Waals surface area contributed by atoms with Gasteiger partial charge in [-0.3, -0.25) is 4.79 Å². The predicted molar refractivity (Wildman–Crippen MR) is 67.0 cm³/mol. The number of nitrogens with two attached hydrogens (primary N) is 1. The van der Waals surface area contributed by atoms with Crippen LogP contribution >= 0.6 is 11.6 Å². The van der Waals surface area contributed by atoms with Crippen molar-refractivity contribution < 1.29 is 9.53 Å². The Kier molecular flexibility index (Phi) is 3.26. The van der Waals surface area contributed by atoms with Gasteiger partial charge in [-0.05, 0) is 18.2 Å². The summed E-state index contributed by atoms with van der Waals surface area (Å²) in [6.07, 6.45) is 1.27. The van der Waals surface area contributed by atoms with Crippen LogP contribution in [0.4, 0.5) is 5.69 Å². The molecule has 0 aliphatic heterocycles. The molecule has 0 atom stereocenters. The van der Waals surface area contributed by atoms with E-state index in [1.165, 1.54) is 0 Å². The molecule has 5 heteroatoms. The van der Waals surface area contributed by atoms with Crippen LogP contribution in [-0.4, -0.2) is 24.7 Å². The van der Waals surface area contributed by atoms with Crippen molar-refractivity contribution in [1.29, 1.82) is 0 Å². The molecule has 1 saturated carbocycles. The summed E-state index contributed by atoms with van der Waals surface area (Å²) in [5.41, 5.74) is 5.54. The number of anilines is 1. The number of hydrogen-bond acceptors (Lipinski definition) is 3. The molecule has 1 fully saturated rings. The van der Waals surface area contributed by atoms with E-state index in [4.69, 9.17) is 22.1 Å². The second-order valence-corrected chi connectivity index (χ2v) is 4.78. The summed E-state index contributed by atoms with van der Waals surface area (Å²) in [5, 5.41) is 3.78. The zero-order valence-corrected chi connectivity index (χ0v) is 10.3. The Bertz CT molecular complexity index is 430. The number of hydrogen-bond donors (Lipinski definition) is 2. The van der Waals surface area contributed by atoms with Crippen molar-refractivity contribution in [2.75, 3.05) is 12.4 Å². The normalized spacial score (nSPS) is 27.3. The minimum absolute atomic E-state index is 0.0918. The van der Waals surface area contributed by atoms with Crippen molar-refractivity contribution in [3.63, 3.8) is 0 Å². The molecular weight excluding hydrogens is 240 g/mol. The third-order valence-corrected chi connectivity index (χ3v) is 3.40. The maximum atomic E-state index is 11.5. The Morgan fingerprint density at radius 3 is 2.82 bits per heavy atom. The van der Waals surface area contributed by atoms with Crippen LogP contribution in [0.1, 0.15) is 12.8 Å². The first-order valence-electron chi connectivity index (χ1n) is 5.42. The molecule has 2 rings (SSSR count). The Hall–Kier alpha value is -1.26. The molecule has 4 nitrogen and oxygen atoms in total. The van der Waals surface area contributed by atoms with Gasteiger partial charge in [-0.25, -0.2) is 0 Å². The minimum Gasteiger partial charge on any atom is -0.381 e. The summed E-state index contributed by atoms with van der Waals surface area (Å²) in [5.74, 6) is -0.356. The van der Waals surface area contributed by atoms with Crippen LogP contribution in [0.5, 0.6) is 0 Å². The van der Waals surface area contributed by atoms with Gasteiger partial charge in [0.1, 0.15) is 5.54 Å². The molecule has 0 heterocycles. The van der Waals surface area contributed by atoms with E-state index >= 15 is 0 Å². The number of benzene rings is 1. The summed E-state index contributed by atoms with van der Waals surface area (Å²) < 4.78 is 5.18. The zero-order chi connectivity index (χ0) is 12.5. The van der Waals surface area contributed by atoms with E-state index in [9.17, 15) is 4.79 Å². The van der Waals surface area contributed by atoms with Gasteiger partial charge in [-0.15, -0.1) is 0 Å². The van der Waals surface area contributed by atoms with Crippen molar-refractivity contribution in [2.24, 2.45) is 5.73 Å². The number of ether oxygens (including phenoxy) is 1. The van der Waals surface area contributed by atoms with Gasteiger partial charge < -0.3 is 15.8 Å². The molecule has 1 aromatic rings. The van der Waals surface area contributed by atoms with Gasteiger partial charge in [0.05, 0.1) is 6.10 Å². The van der Waals surface area contributed by atoms with Gasteiger partial charge in [-0.1, -0.05) is 17.7 Å². The molecule has 0 bridgehead atoms. The Morgan fingerprint density at radius 1 is 1.59 bits per heavy atom. The molecule has 0 aromatic heterocycles. The average molecular weight is 255 g/mol. The number of primary amides is 1. The Morgan fingerprint density at radius 2 is 2.29 bits per heavy atom. The predicted octanol–water partition coefficient (Wildman–Crippen LogP) is 1.78. The molecule has 1 amide bonds. The van der Waals surface area contributed by atoms with Crippen LogP contribution in [0.15, 0.2) is 24.3 Å². The van der Waals surface area contributed by atoms with Crippen molar-refractivity contribution in [1.82, 2.24) is 0 Å². The van der Waals surface area contributed by atoms with Crippen LogP contribution in [0, 0.1) is 0 Å². The number of amides is 1. The maximum absolute atomic E-state index is 11.5. The van der Waals surface area contributed by atoms with Crippen LogP contribution in [0.2, 0.25) is 5.02 Å². The van der Waals surface area contributed by atoms with E-state index in [0.29, 0.717) is 17.9 Å². The molecule has 17 heavy (non-hydrogen) atoms. The fourth-order valence-electron chi connectivity index (χ4n) is 2.09. The Labute approximate surface area is 105 Å². The third-order valence-electron chi connectivity index (χ3n) is 3.17. The van der Waals surface area contributed by atoms with Gasteiger partial charge in [0.15, 0.2) is 0 Å². The summed E-state index contributed by atoms with van der Waals surface area (Å²) in [7, 11) is 1.63. The van der Waals surface area contributed by atoms with Crippen molar-refractivity contribution in [2.45, 2.75) is 24.5 Å². The first-order chi connectivity index (χ1) is 8.05. The fraction of sp³-hybridized carbons (Fsp3) is 0.417. The minimum atomic E-state index is -0.703. The molecule has 0 radical (unpaired) electrons. The highest BCUT2D eigenvalue weighted by Crippen LogP contribution is 2.37. The van der Waals surface area contributed by atoms with Crippen LogP contribution in [0.3, 0.4) is 0 Å². The van der Waals surface area contributed by atoms with Gasteiger partial charge in [0, 0.05) is 30.7 Å². The largest absolute Gasteiger partial charge is 0.381 e. The average Bonchev–Trinajstić information content (AvgIpc) is 2.22. The first-order valence-corrected chi connectivity index (χ1v) is 5.80. The molecule has 1 aliphatic carbocycles. The van der Waals surface area contributed by atoms with Crippen molar-refractivity contribution in [3.05, 3.63) is 29.3 Å². The summed E-state index contributed by atoms with van der Waals surface area (Å²) >= 11 is 5.89. The molecule has 3 N–H and O–H groups in total. The van der Waals surface area contributed by atoms with E-state index in [2.05, 4.69) is 5.32 Å². The zero-order valence-electron chi connectivity index (χ0n) is 9.57. The lowest BCUT2D eigenvalue weighted by Gasteiger charge is -2.45. The molecule has 0 spiro atoms. The van der Waals surface area contributed by atoms with Crippen LogP contribution < -0.4 is 11.1 Å². The van der Waals surface area contributed by atoms with E-state index in [0.717, 1.165) is 5.69 Å². The van der Waals surface area contributed by atoms with E-state index in [-0.39, 0.29) is 12.0 Å². The number of carbonyl (C=O) groups excluding carboxylic acids is 1. The fourth-order valence-corrected chi connectivity index (χ4v) is 2.28. The van der Waals surface area contributed by atoms with E-state index < -0.39 is 5.54 Å². The molecular formula is C12H15ClN2O2.